The SMILES string of the molecule is CCOC(=O)C=CC1=C(C(=O)OC(C)(C)C)N2C(=O)C(NC(C)=O)[C@@H]2SC1. The molecule has 2 amide bonds. The van der Waals surface area contributed by atoms with Gasteiger partial charge >= 0.3 is 11.9 Å². The van der Waals surface area contributed by atoms with Gasteiger partial charge in [-0.25, -0.2) is 9.59 Å². The molecule has 148 valence electrons. The van der Waals surface area contributed by atoms with Gasteiger partial charge < -0.3 is 14.8 Å². The molecule has 1 N–H and O–H groups in total. The third-order valence-corrected chi connectivity index (χ3v) is 4.96. The molecular formula is C18H24N2O6S. The number of fused-ring (bicyclic) bond motifs is 1. The summed E-state index contributed by atoms with van der Waals surface area (Å²) >= 11 is 1.40. The molecule has 2 atom stereocenters. The molecule has 0 aromatic heterocycles. The van der Waals surface area contributed by atoms with Gasteiger partial charge in [-0.1, -0.05) is 0 Å². The van der Waals surface area contributed by atoms with Crippen molar-refractivity contribution in [2.24, 2.45) is 0 Å². The van der Waals surface area contributed by atoms with Crippen LogP contribution in [0.1, 0.15) is 34.6 Å². The molecule has 0 aromatic rings. The van der Waals surface area contributed by atoms with Crippen molar-refractivity contribution in [3.8, 4) is 0 Å². The Morgan fingerprint density at radius 1 is 1.33 bits per heavy atom. The Balaban J connectivity index is 2.35. The molecular weight excluding hydrogens is 372 g/mol. The van der Waals surface area contributed by atoms with Crippen molar-refractivity contribution >= 4 is 35.5 Å². The van der Waals surface area contributed by atoms with Crippen LogP contribution in [-0.2, 0) is 28.7 Å². The number of ether oxygens (including phenoxy) is 2. The van der Waals surface area contributed by atoms with E-state index >= 15 is 0 Å². The highest BCUT2D eigenvalue weighted by Gasteiger charge is 2.54. The lowest BCUT2D eigenvalue weighted by molar-refractivity contribution is -0.158. The van der Waals surface area contributed by atoms with Crippen LogP contribution in [0.5, 0.6) is 0 Å². The van der Waals surface area contributed by atoms with Crippen molar-refractivity contribution in [3.05, 3.63) is 23.4 Å². The van der Waals surface area contributed by atoms with Gasteiger partial charge in [-0.15, -0.1) is 11.8 Å². The number of hydrogen-bond donors (Lipinski definition) is 1. The maximum Gasteiger partial charge on any atom is 0.355 e. The van der Waals surface area contributed by atoms with E-state index in [1.165, 1.54) is 35.7 Å². The van der Waals surface area contributed by atoms with Gasteiger partial charge in [-0.2, -0.15) is 0 Å². The molecule has 0 radical (unpaired) electrons. The molecule has 1 saturated heterocycles. The Labute approximate surface area is 162 Å². The molecule has 2 rings (SSSR count). The van der Waals surface area contributed by atoms with E-state index < -0.39 is 23.6 Å². The molecule has 0 aromatic carbocycles. The fraction of sp³-hybridized carbons (Fsp3) is 0.556. The third-order valence-electron chi connectivity index (χ3n) is 3.66. The summed E-state index contributed by atoms with van der Waals surface area (Å²) in [4.78, 5) is 49.5. The smallest absolute Gasteiger partial charge is 0.355 e. The van der Waals surface area contributed by atoms with Gasteiger partial charge in [0, 0.05) is 18.8 Å². The van der Waals surface area contributed by atoms with Crippen LogP contribution < -0.4 is 5.32 Å². The average molecular weight is 396 g/mol. The Bertz CT molecular complexity index is 722. The molecule has 2 aliphatic rings. The van der Waals surface area contributed by atoms with Crippen molar-refractivity contribution in [2.75, 3.05) is 12.4 Å². The molecule has 0 saturated carbocycles. The summed E-state index contributed by atoms with van der Waals surface area (Å²) in [5.74, 6) is -1.50. The molecule has 0 spiro atoms. The Morgan fingerprint density at radius 3 is 2.56 bits per heavy atom. The number of allylic oxidation sites excluding steroid dienone is 1. The molecule has 27 heavy (non-hydrogen) atoms. The van der Waals surface area contributed by atoms with Crippen LogP contribution in [0.25, 0.3) is 0 Å². The number of nitrogens with zero attached hydrogens (tertiary/aromatic N) is 1. The average Bonchev–Trinajstić information content (AvgIpc) is 2.55. The predicted octanol–water partition coefficient (Wildman–Crippen LogP) is 1.12. The van der Waals surface area contributed by atoms with E-state index in [1.807, 2.05) is 0 Å². The van der Waals surface area contributed by atoms with Crippen molar-refractivity contribution in [1.29, 1.82) is 0 Å². The summed E-state index contributed by atoms with van der Waals surface area (Å²) in [6, 6.07) is -0.680. The first-order chi connectivity index (χ1) is 12.5. The quantitative estimate of drug-likeness (QED) is 0.422. The number of carbonyl (C=O) groups excluding carboxylic acids is 4. The maximum atomic E-state index is 12.7. The summed E-state index contributed by atoms with van der Waals surface area (Å²) < 4.78 is 10.3. The number of β-lactam (4-membered cyclic amide) rings is 1. The molecule has 1 fully saturated rings. The first kappa shape index (κ1) is 21.0. The lowest BCUT2D eigenvalue weighted by Gasteiger charge is -2.49. The number of carbonyl (C=O) groups is 4. The first-order valence-corrected chi connectivity index (χ1v) is 9.63. The van der Waals surface area contributed by atoms with Crippen LogP contribution in [0.15, 0.2) is 23.4 Å². The summed E-state index contributed by atoms with van der Waals surface area (Å²) in [7, 11) is 0. The number of nitrogens with one attached hydrogen (secondary N) is 1. The summed E-state index contributed by atoms with van der Waals surface area (Å²) in [5.41, 5.74) is -0.153. The van der Waals surface area contributed by atoms with Crippen molar-refractivity contribution in [1.82, 2.24) is 10.2 Å². The second kappa shape index (κ2) is 8.16. The molecule has 2 aliphatic heterocycles. The van der Waals surface area contributed by atoms with Crippen LogP contribution in [0.3, 0.4) is 0 Å². The van der Waals surface area contributed by atoms with E-state index in [9.17, 15) is 19.2 Å². The van der Waals surface area contributed by atoms with E-state index in [2.05, 4.69) is 5.32 Å². The monoisotopic (exact) mass is 396 g/mol. The minimum absolute atomic E-state index is 0.0980. The number of thioether (sulfide) groups is 1. The van der Waals surface area contributed by atoms with Gasteiger partial charge in [-0.3, -0.25) is 14.5 Å². The topological polar surface area (TPSA) is 102 Å². The highest BCUT2D eigenvalue weighted by molar-refractivity contribution is 8.00. The summed E-state index contributed by atoms with van der Waals surface area (Å²) in [6.07, 6.45) is 2.69. The second-order valence-electron chi connectivity index (χ2n) is 7.05. The summed E-state index contributed by atoms with van der Waals surface area (Å²) in [6.45, 7) is 8.45. The zero-order valence-corrected chi connectivity index (χ0v) is 16.8. The van der Waals surface area contributed by atoms with Crippen LogP contribution in [0.2, 0.25) is 0 Å². The zero-order valence-electron chi connectivity index (χ0n) is 16.0. The standard InChI is InChI=1S/C18H24N2O6S/c1-6-25-12(22)8-7-11-9-27-16-13(19-10(2)21)15(23)20(16)14(11)17(24)26-18(3,4)5/h7-8,13,16H,6,9H2,1-5H3,(H,19,21)/t13?,16-/m0/s1. The number of rotatable bonds is 5. The fourth-order valence-electron chi connectivity index (χ4n) is 2.66. The van der Waals surface area contributed by atoms with Crippen molar-refractivity contribution < 1.29 is 28.7 Å². The molecule has 0 bridgehead atoms. The highest BCUT2D eigenvalue weighted by Crippen LogP contribution is 2.41. The molecule has 0 aliphatic carbocycles. The summed E-state index contributed by atoms with van der Waals surface area (Å²) in [5, 5.41) is 2.21. The molecule has 9 heteroatoms. The minimum atomic E-state index is -0.745. The fourth-order valence-corrected chi connectivity index (χ4v) is 3.98. The molecule has 8 nitrogen and oxygen atoms in total. The maximum absolute atomic E-state index is 12.7. The number of esters is 2. The normalized spacial score (nSPS) is 22.3. The van der Waals surface area contributed by atoms with Crippen LogP contribution >= 0.6 is 11.8 Å². The first-order valence-electron chi connectivity index (χ1n) is 8.58. The van der Waals surface area contributed by atoms with E-state index in [-0.39, 0.29) is 29.5 Å². The van der Waals surface area contributed by atoms with Crippen LogP contribution in [0.4, 0.5) is 0 Å². The van der Waals surface area contributed by atoms with Crippen LogP contribution in [-0.4, -0.2) is 58.0 Å². The van der Waals surface area contributed by atoms with Crippen LogP contribution in [0, 0.1) is 0 Å². The molecule has 1 unspecified atom stereocenters. The minimum Gasteiger partial charge on any atom is -0.463 e. The zero-order chi connectivity index (χ0) is 20.4. The second-order valence-corrected chi connectivity index (χ2v) is 8.15. The van der Waals surface area contributed by atoms with Gasteiger partial charge in [0.05, 0.1) is 6.61 Å². The Hall–Kier alpha value is -2.29. The predicted molar refractivity (Wildman–Crippen MR) is 99.3 cm³/mol. The molecule has 2 heterocycles. The largest absolute Gasteiger partial charge is 0.463 e. The van der Waals surface area contributed by atoms with Gasteiger partial charge in [0.2, 0.25) is 5.91 Å². The van der Waals surface area contributed by atoms with E-state index in [1.54, 1.807) is 27.7 Å². The van der Waals surface area contributed by atoms with Gasteiger partial charge in [0.1, 0.15) is 22.7 Å². The van der Waals surface area contributed by atoms with Gasteiger partial charge in [0.15, 0.2) is 0 Å². The lowest BCUT2D eigenvalue weighted by atomic mass is 10.0. The van der Waals surface area contributed by atoms with E-state index in [0.717, 1.165) is 0 Å². The van der Waals surface area contributed by atoms with Gasteiger partial charge in [-0.05, 0) is 39.3 Å². The van der Waals surface area contributed by atoms with Crippen molar-refractivity contribution in [3.63, 3.8) is 0 Å². The van der Waals surface area contributed by atoms with E-state index in [4.69, 9.17) is 9.47 Å². The van der Waals surface area contributed by atoms with E-state index in [0.29, 0.717) is 11.3 Å². The number of amides is 2. The van der Waals surface area contributed by atoms with Gasteiger partial charge in [0.25, 0.3) is 5.91 Å². The lowest BCUT2D eigenvalue weighted by Crippen LogP contribution is -2.70. The highest BCUT2D eigenvalue weighted by atomic mass is 32.2. The van der Waals surface area contributed by atoms with Crippen molar-refractivity contribution in [2.45, 2.75) is 51.6 Å². The number of hydrogen-bond acceptors (Lipinski definition) is 7. The Morgan fingerprint density at radius 2 is 2.00 bits per heavy atom. The third kappa shape index (κ3) is 4.91. The Kier molecular flexibility index (Phi) is 6.35.